The number of amides is 2. The SMILES string of the molecule is C=CCNC(=O)[C@H](C)OC(=O)C[C@@H]1c2ccccc2C=CN1C(C)=O. The molecule has 0 spiro atoms. The molecule has 1 aliphatic rings. The van der Waals surface area contributed by atoms with E-state index in [1.54, 1.807) is 12.3 Å². The van der Waals surface area contributed by atoms with Crippen LogP contribution in [-0.4, -0.2) is 35.3 Å². The van der Waals surface area contributed by atoms with E-state index in [0.29, 0.717) is 6.54 Å². The van der Waals surface area contributed by atoms with Gasteiger partial charge in [0.15, 0.2) is 6.10 Å². The Morgan fingerprint density at radius 2 is 2.08 bits per heavy atom. The van der Waals surface area contributed by atoms with Crippen LogP contribution >= 0.6 is 0 Å². The van der Waals surface area contributed by atoms with E-state index in [1.807, 2.05) is 30.3 Å². The molecule has 6 heteroatoms. The van der Waals surface area contributed by atoms with Gasteiger partial charge in [-0.05, 0) is 24.1 Å². The highest BCUT2D eigenvalue weighted by molar-refractivity contribution is 5.84. The predicted octanol–water partition coefficient (Wildman–Crippen LogP) is 2.18. The summed E-state index contributed by atoms with van der Waals surface area (Å²) in [7, 11) is 0. The fourth-order valence-electron chi connectivity index (χ4n) is 2.69. The molecule has 1 aromatic carbocycles. The second kappa shape index (κ2) is 8.28. The van der Waals surface area contributed by atoms with Crippen LogP contribution in [0.2, 0.25) is 0 Å². The molecule has 0 fully saturated rings. The van der Waals surface area contributed by atoms with Crippen LogP contribution in [0.3, 0.4) is 0 Å². The third kappa shape index (κ3) is 4.56. The number of hydrogen-bond acceptors (Lipinski definition) is 4. The van der Waals surface area contributed by atoms with E-state index in [9.17, 15) is 14.4 Å². The Balaban J connectivity index is 2.09. The van der Waals surface area contributed by atoms with Gasteiger partial charge >= 0.3 is 5.97 Å². The van der Waals surface area contributed by atoms with Crippen molar-refractivity contribution in [2.45, 2.75) is 32.4 Å². The van der Waals surface area contributed by atoms with Crippen molar-refractivity contribution in [1.29, 1.82) is 0 Å². The van der Waals surface area contributed by atoms with Gasteiger partial charge in [0.2, 0.25) is 5.91 Å². The van der Waals surface area contributed by atoms with Gasteiger partial charge in [0.1, 0.15) is 0 Å². The summed E-state index contributed by atoms with van der Waals surface area (Å²) in [6.45, 7) is 6.77. The topological polar surface area (TPSA) is 75.7 Å². The van der Waals surface area contributed by atoms with Crippen LogP contribution in [-0.2, 0) is 19.1 Å². The van der Waals surface area contributed by atoms with Gasteiger partial charge in [-0.2, -0.15) is 0 Å². The van der Waals surface area contributed by atoms with Gasteiger partial charge < -0.3 is 15.0 Å². The molecule has 25 heavy (non-hydrogen) atoms. The lowest BCUT2D eigenvalue weighted by atomic mass is 9.94. The van der Waals surface area contributed by atoms with Crippen LogP contribution in [0.5, 0.6) is 0 Å². The molecule has 0 bridgehead atoms. The molecule has 2 amide bonds. The van der Waals surface area contributed by atoms with Crippen LogP contribution < -0.4 is 5.32 Å². The maximum atomic E-state index is 12.3. The molecule has 2 rings (SSSR count). The number of carbonyl (C=O) groups is 3. The van der Waals surface area contributed by atoms with Crippen molar-refractivity contribution in [1.82, 2.24) is 10.2 Å². The van der Waals surface area contributed by atoms with Crippen LogP contribution in [0.25, 0.3) is 6.08 Å². The third-order valence-electron chi connectivity index (χ3n) is 3.93. The fourth-order valence-corrected chi connectivity index (χ4v) is 2.69. The van der Waals surface area contributed by atoms with E-state index in [-0.39, 0.29) is 18.2 Å². The monoisotopic (exact) mass is 342 g/mol. The van der Waals surface area contributed by atoms with Gasteiger partial charge in [-0.3, -0.25) is 14.4 Å². The van der Waals surface area contributed by atoms with E-state index < -0.39 is 18.1 Å². The Morgan fingerprint density at radius 3 is 2.76 bits per heavy atom. The third-order valence-corrected chi connectivity index (χ3v) is 3.93. The van der Waals surface area contributed by atoms with Crippen molar-refractivity contribution < 1.29 is 19.1 Å². The van der Waals surface area contributed by atoms with E-state index in [2.05, 4.69) is 11.9 Å². The summed E-state index contributed by atoms with van der Waals surface area (Å²) >= 11 is 0. The zero-order chi connectivity index (χ0) is 18.4. The number of carbonyl (C=O) groups excluding carboxylic acids is 3. The number of rotatable bonds is 6. The molecular weight excluding hydrogens is 320 g/mol. The van der Waals surface area contributed by atoms with E-state index in [0.717, 1.165) is 11.1 Å². The minimum atomic E-state index is -0.910. The molecule has 0 aromatic heterocycles. The highest BCUT2D eigenvalue weighted by atomic mass is 16.5. The summed E-state index contributed by atoms with van der Waals surface area (Å²) in [5.41, 5.74) is 1.83. The number of esters is 1. The molecule has 1 N–H and O–H groups in total. The molecule has 0 radical (unpaired) electrons. The molecule has 1 aliphatic heterocycles. The van der Waals surface area contributed by atoms with Crippen LogP contribution in [0, 0.1) is 0 Å². The number of nitrogens with one attached hydrogen (secondary N) is 1. The molecular formula is C19H22N2O4. The lowest BCUT2D eigenvalue weighted by Crippen LogP contribution is -2.37. The Bertz CT molecular complexity index is 711. The first kappa shape index (κ1) is 18.4. The van der Waals surface area contributed by atoms with Crippen molar-refractivity contribution in [2.75, 3.05) is 6.54 Å². The zero-order valence-electron chi connectivity index (χ0n) is 14.4. The first-order valence-corrected chi connectivity index (χ1v) is 8.08. The van der Waals surface area contributed by atoms with Crippen LogP contribution in [0.15, 0.2) is 43.1 Å². The number of hydrogen-bond donors (Lipinski definition) is 1. The average molecular weight is 342 g/mol. The van der Waals surface area contributed by atoms with Crippen molar-refractivity contribution in [2.24, 2.45) is 0 Å². The fraction of sp³-hybridized carbons (Fsp3) is 0.316. The van der Waals surface area contributed by atoms with Gasteiger partial charge in [-0.25, -0.2) is 0 Å². The summed E-state index contributed by atoms with van der Waals surface area (Å²) in [4.78, 5) is 37.5. The molecule has 2 atom stereocenters. The minimum Gasteiger partial charge on any atom is -0.452 e. The Morgan fingerprint density at radius 1 is 1.36 bits per heavy atom. The van der Waals surface area contributed by atoms with Gasteiger partial charge in [0.25, 0.3) is 5.91 Å². The minimum absolute atomic E-state index is 0.0278. The number of fused-ring (bicyclic) bond motifs is 1. The molecule has 0 unspecified atom stereocenters. The van der Waals surface area contributed by atoms with Gasteiger partial charge in [0, 0.05) is 19.7 Å². The van der Waals surface area contributed by atoms with E-state index >= 15 is 0 Å². The largest absolute Gasteiger partial charge is 0.452 e. The quantitative estimate of drug-likeness (QED) is 0.635. The molecule has 0 saturated carbocycles. The highest BCUT2D eigenvalue weighted by Crippen LogP contribution is 2.33. The summed E-state index contributed by atoms with van der Waals surface area (Å²) in [6, 6.07) is 7.11. The maximum Gasteiger partial charge on any atom is 0.309 e. The average Bonchev–Trinajstić information content (AvgIpc) is 2.59. The van der Waals surface area contributed by atoms with Crippen molar-refractivity contribution >= 4 is 23.9 Å². The Kier molecular flexibility index (Phi) is 6.11. The molecule has 1 aromatic rings. The first-order valence-electron chi connectivity index (χ1n) is 8.08. The number of ether oxygens (including phenoxy) is 1. The second-order valence-electron chi connectivity index (χ2n) is 5.76. The number of benzene rings is 1. The first-order chi connectivity index (χ1) is 11.9. The second-order valence-corrected chi connectivity index (χ2v) is 5.76. The molecule has 1 heterocycles. The van der Waals surface area contributed by atoms with Gasteiger partial charge in [0.05, 0.1) is 12.5 Å². The van der Waals surface area contributed by atoms with Gasteiger partial charge in [-0.1, -0.05) is 30.3 Å². The zero-order valence-corrected chi connectivity index (χ0v) is 14.4. The lowest BCUT2D eigenvalue weighted by molar-refractivity contribution is -0.156. The lowest BCUT2D eigenvalue weighted by Gasteiger charge is -2.32. The molecule has 0 saturated heterocycles. The number of nitrogens with zero attached hydrogens (tertiary/aromatic N) is 1. The summed E-state index contributed by atoms with van der Waals surface area (Å²) < 4.78 is 5.21. The van der Waals surface area contributed by atoms with Crippen molar-refractivity contribution in [3.8, 4) is 0 Å². The smallest absolute Gasteiger partial charge is 0.309 e. The Hall–Kier alpha value is -2.89. The summed E-state index contributed by atoms with van der Waals surface area (Å²) in [5.74, 6) is -1.09. The van der Waals surface area contributed by atoms with Crippen LogP contribution in [0.1, 0.15) is 37.4 Å². The Labute approximate surface area is 147 Å². The summed E-state index contributed by atoms with van der Waals surface area (Å²) in [5, 5.41) is 2.57. The maximum absolute atomic E-state index is 12.3. The highest BCUT2D eigenvalue weighted by Gasteiger charge is 2.29. The normalized spacial score (nSPS) is 16.6. The predicted molar refractivity (Wildman–Crippen MR) is 94.1 cm³/mol. The van der Waals surface area contributed by atoms with Gasteiger partial charge in [-0.15, -0.1) is 6.58 Å². The summed E-state index contributed by atoms with van der Waals surface area (Å²) in [6.07, 6.45) is 4.11. The molecule has 6 nitrogen and oxygen atoms in total. The van der Waals surface area contributed by atoms with E-state index in [1.165, 1.54) is 18.7 Å². The molecule has 0 aliphatic carbocycles. The van der Waals surface area contributed by atoms with Crippen molar-refractivity contribution in [3.63, 3.8) is 0 Å². The van der Waals surface area contributed by atoms with Crippen molar-refractivity contribution in [3.05, 3.63) is 54.2 Å². The molecule has 132 valence electrons. The van der Waals surface area contributed by atoms with E-state index in [4.69, 9.17) is 4.74 Å². The standard InChI is InChI=1S/C19H22N2O4/c1-4-10-20-19(24)13(2)25-18(23)12-17-16-8-6-5-7-15(16)9-11-21(17)14(3)22/h4-9,11,13,17H,1,10,12H2,2-3H3,(H,20,24)/t13-,17+/m0/s1. The van der Waals surface area contributed by atoms with Crippen LogP contribution in [0.4, 0.5) is 0 Å².